The predicted molar refractivity (Wildman–Crippen MR) is 32.7 cm³/mol. The van der Waals surface area contributed by atoms with Crippen molar-refractivity contribution >= 4 is 5.78 Å². The summed E-state index contributed by atoms with van der Waals surface area (Å²) in [5.41, 5.74) is 0. The van der Waals surface area contributed by atoms with Crippen LogP contribution in [-0.2, 0) is 35.8 Å². The first-order valence-electron chi connectivity index (χ1n) is 2.01. The van der Waals surface area contributed by atoms with Gasteiger partial charge in [0.05, 0.1) is 0 Å². The van der Waals surface area contributed by atoms with Crippen LogP contribution in [0.4, 0.5) is 0 Å². The van der Waals surface area contributed by atoms with Gasteiger partial charge in [-0.2, -0.15) is 0 Å². The molecule has 0 spiro atoms. The SMILES string of the molecule is C=CC(C)=O.[C-]#[O+].[C-]#[O+].[C-]#[O+].[Fe]. The molecule has 0 radical (unpaired) electrons. The molecule has 0 aliphatic heterocycles. The van der Waals surface area contributed by atoms with Gasteiger partial charge in [0.1, 0.15) is 0 Å². The van der Waals surface area contributed by atoms with Crippen molar-refractivity contribution in [3.8, 4) is 0 Å². The summed E-state index contributed by atoms with van der Waals surface area (Å²) in [5.74, 6) is 0.0185. The van der Waals surface area contributed by atoms with E-state index in [-0.39, 0.29) is 22.9 Å². The van der Waals surface area contributed by atoms with Crippen molar-refractivity contribution in [3.63, 3.8) is 0 Å². The van der Waals surface area contributed by atoms with Crippen LogP contribution in [0.5, 0.6) is 0 Å². The molecule has 0 rings (SSSR count). The monoisotopic (exact) mass is 210 g/mol. The van der Waals surface area contributed by atoms with E-state index in [2.05, 4.69) is 26.5 Å². The molecule has 0 bridgehead atoms. The van der Waals surface area contributed by atoms with Gasteiger partial charge in [0, 0.05) is 17.1 Å². The van der Waals surface area contributed by atoms with E-state index in [1.54, 1.807) is 0 Å². The summed E-state index contributed by atoms with van der Waals surface area (Å²) in [6, 6.07) is 0. The van der Waals surface area contributed by atoms with Crippen LogP contribution in [0.1, 0.15) is 6.92 Å². The van der Waals surface area contributed by atoms with Crippen molar-refractivity contribution in [1.29, 1.82) is 0 Å². The van der Waals surface area contributed by atoms with Gasteiger partial charge in [0.25, 0.3) is 0 Å². The average Bonchev–Trinajstić information content (AvgIpc) is 2.15. The molecule has 12 heavy (non-hydrogen) atoms. The van der Waals surface area contributed by atoms with E-state index in [1.807, 2.05) is 0 Å². The van der Waals surface area contributed by atoms with Gasteiger partial charge in [-0.3, -0.25) is 4.79 Å². The van der Waals surface area contributed by atoms with Gasteiger partial charge >= 0.3 is 33.9 Å². The van der Waals surface area contributed by atoms with Gasteiger partial charge in [-0.05, 0) is 13.0 Å². The van der Waals surface area contributed by atoms with Crippen LogP contribution in [0.25, 0.3) is 0 Å². The molecule has 0 amide bonds. The Kier molecular flexibility index (Phi) is 217. The number of hydrogen-bond donors (Lipinski definition) is 0. The fourth-order valence-corrected chi connectivity index (χ4v) is 0. The molecular weight excluding hydrogens is 204 g/mol. The van der Waals surface area contributed by atoms with Gasteiger partial charge in [-0.1, -0.05) is 6.58 Å². The maximum atomic E-state index is 9.69. The molecule has 0 aromatic rings. The quantitative estimate of drug-likeness (QED) is 0.271. The first-order valence-corrected chi connectivity index (χ1v) is 2.01. The first-order chi connectivity index (χ1) is 5.27. The molecule has 0 saturated heterocycles. The van der Waals surface area contributed by atoms with Crippen LogP contribution in [0.2, 0.25) is 0 Å². The van der Waals surface area contributed by atoms with E-state index in [1.165, 1.54) is 13.0 Å². The van der Waals surface area contributed by atoms with Crippen LogP contribution in [-0.4, -0.2) is 5.78 Å². The molecule has 0 aliphatic rings. The topological polar surface area (TPSA) is 76.8 Å². The van der Waals surface area contributed by atoms with E-state index in [0.29, 0.717) is 0 Å². The Bertz CT molecular complexity index is 131. The normalized spacial score (nSPS) is 3.25. The summed E-state index contributed by atoms with van der Waals surface area (Å²) in [6.07, 6.45) is 1.28. The summed E-state index contributed by atoms with van der Waals surface area (Å²) in [7, 11) is 0. The molecule has 4 nitrogen and oxygen atoms in total. The van der Waals surface area contributed by atoms with Gasteiger partial charge in [-0.25, -0.2) is 0 Å². The van der Waals surface area contributed by atoms with Gasteiger partial charge in [-0.15, -0.1) is 0 Å². The molecule has 0 atom stereocenters. The Morgan fingerprint density at radius 3 is 1.25 bits per heavy atom. The molecule has 0 aliphatic carbocycles. The summed E-state index contributed by atoms with van der Waals surface area (Å²) < 4.78 is 22.5. The van der Waals surface area contributed by atoms with Crippen LogP contribution in [0, 0.1) is 20.0 Å². The standard InChI is InChI=1S/C4H6O.3CO.Fe/c1-3-4(2)5;3*1-2;/h3H,1H2,2H3;;;;. The Balaban J connectivity index is -0.0000000203. The minimum absolute atomic E-state index is 0. The molecule has 0 saturated carbocycles. The molecule has 0 N–H and O–H groups in total. The average molecular weight is 210 g/mol. The fourth-order valence-electron chi connectivity index (χ4n) is 0. The zero-order chi connectivity index (χ0) is 10.3. The molecule has 5 heteroatoms. The van der Waals surface area contributed by atoms with E-state index < -0.39 is 0 Å². The number of carbonyl (C=O) groups is 1. The zero-order valence-corrected chi connectivity index (χ0v) is 7.38. The number of carbonyl (C=O) groups excluding carboxylic acids is 1. The minimum Gasteiger partial charge on any atom is 0 e. The second-order valence-electron chi connectivity index (χ2n) is 0.815. The molecule has 0 fully saturated rings. The molecule has 0 aromatic heterocycles. The van der Waals surface area contributed by atoms with E-state index >= 15 is 0 Å². The summed E-state index contributed by atoms with van der Waals surface area (Å²) >= 11 is 0. The Labute approximate surface area is 81.7 Å². The molecule has 0 heterocycles. The Hall–Kier alpha value is -0.851. The van der Waals surface area contributed by atoms with Crippen molar-refractivity contribution in [3.05, 3.63) is 32.6 Å². The van der Waals surface area contributed by atoms with E-state index in [9.17, 15) is 4.79 Å². The Morgan fingerprint density at radius 2 is 1.25 bits per heavy atom. The molecular formula is C7H6FeO4. The van der Waals surface area contributed by atoms with Gasteiger partial charge < -0.3 is 0 Å². The number of allylic oxidation sites excluding steroid dienone is 1. The zero-order valence-electron chi connectivity index (χ0n) is 6.27. The van der Waals surface area contributed by atoms with Crippen LogP contribution in [0.15, 0.2) is 12.7 Å². The van der Waals surface area contributed by atoms with E-state index in [4.69, 9.17) is 14.0 Å². The number of hydrogen-bond acceptors (Lipinski definition) is 1. The van der Waals surface area contributed by atoms with Crippen molar-refractivity contribution in [1.82, 2.24) is 0 Å². The van der Waals surface area contributed by atoms with Gasteiger partial charge in [0.15, 0.2) is 5.78 Å². The predicted octanol–water partition coefficient (Wildman–Crippen LogP) is 0.646. The smallest absolute Gasteiger partial charge is 0 e. The number of ketones is 1. The molecule has 66 valence electrons. The third kappa shape index (κ3) is 460. The van der Waals surface area contributed by atoms with E-state index in [0.717, 1.165) is 0 Å². The second-order valence-corrected chi connectivity index (χ2v) is 0.815. The molecule has 0 unspecified atom stereocenters. The van der Waals surface area contributed by atoms with Crippen LogP contribution < -0.4 is 0 Å². The number of rotatable bonds is 1. The summed E-state index contributed by atoms with van der Waals surface area (Å²) in [5, 5.41) is 0. The maximum Gasteiger partial charge on any atom is 0 e. The summed E-state index contributed by atoms with van der Waals surface area (Å²) in [4.78, 5) is 9.69. The fraction of sp³-hybridized carbons (Fsp3) is 0.143. The second kappa shape index (κ2) is 85.7. The minimum atomic E-state index is 0. The third-order valence-electron chi connectivity index (χ3n) is 0.287. The van der Waals surface area contributed by atoms with Crippen molar-refractivity contribution < 1.29 is 35.8 Å². The van der Waals surface area contributed by atoms with Gasteiger partial charge in [0.2, 0.25) is 0 Å². The van der Waals surface area contributed by atoms with Crippen LogP contribution in [0.3, 0.4) is 0 Å². The van der Waals surface area contributed by atoms with Crippen molar-refractivity contribution in [2.24, 2.45) is 0 Å². The Morgan fingerprint density at radius 1 is 1.17 bits per heavy atom. The first kappa shape index (κ1) is 30.4. The third-order valence-corrected chi connectivity index (χ3v) is 0.287. The van der Waals surface area contributed by atoms with Crippen LogP contribution >= 0.6 is 0 Å². The maximum absolute atomic E-state index is 9.69. The molecule has 0 aromatic carbocycles. The summed E-state index contributed by atoms with van der Waals surface area (Å²) in [6.45, 7) is 18.2. The van der Waals surface area contributed by atoms with Crippen molar-refractivity contribution in [2.45, 2.75) is 6.92 Å². The van der Waals surface area contributed by atoms with Crippen molar-refractivity contribution in [2.75, 3.05) is 0 Å². The largest absolute Gasteiger partial charge is 0 e.